The third-order valence-corrected chi connectivity index (χ3v) is 2.78. The Morgan fingerprint density at radius 3 is 2.72 bits per heavy atom. The summed E-state index contributed by atoms with van der Waals surface area (Å²) in [6, 6.07) is 6.27. The van der Waals surface area contributed by atoms with Gasteiger partial charge in [0, 0.05) is 0 Å². The van der Waals surface area contributed by atoms with E-state index in [9.17, 15) is 9.59 Å². The molecule has 0 aromatic heterocycles. The van der Waals surface area contributed by atoms with Gasteiger partial charge in [-0.3, -0.25) is 4.79 Å². The molecule has 92 valence electrons. The molecule has 5 nitrogen and oxygen atoms in total. The Balaban J connectivity index is 2.49. The summed E-state index contributed by atoms with van der Waals surface area (Å²) in [4.78, 5) is 23.2. The largest absolute Gasteiger partial charge is 0.478 e. The fraction of sp³-hybridized carbons (Fsp3) is 0.154. The van der Waals surface area contributed by atoms with Gasteiger partial charge in [0.15, 0.2) is 0 Å². The molecule has 0 fully saturated rings. The molecular weight excluding hydrogens is 232 g/mol. The van der Waals surface area contributed by atoms with Crippen molar-refractivity contribution in [1.29, 1.82) is 0 Å². The smallest absolute Gasteiger partial charge is 0.337 e. The van der Waals surface area contributed by atoms with Crippen molar-refractivity contribution in [2.75, 3.05) is 5.01 Å². The van der Waals surface area contributed by atoms with E-state index in [2.05, 4.69) is 11.7 Å². The minimum Gasteiger partial charge on any atom is -0.478 e. The summed E-state index contributed by atoms with van der Waals surface area (Å²) in [7, 11) is 0. The molecule has 0 saturated carbocycles. The van der Waals surface area contributed by atoms with Crippen LogP contribution in [0.2, 0.25) is 0 Å². The summed E-state index contributed by atoms with van der Waals surface area (Å²) in [5.74, 6) is -1.85. The van der Waals surface area contributed by atoms with Gasteiger partial charge in [-0.25, -0.2) is 4.79 Å². The molecule has 0 spiro atoms. The highest BCUT2D eigenvalue weighted by atomic mass is 16.4. The number of benzene rings is 1. The molecule has 1 aromatic rings. The maximum Gasteiger partial charge on any atom is 0.337 e. The monoisotopic (exact) mass is 244 g/mol. The second kappa shape index (κ2) is 4.44. The number of nitrogens with zero attached hydrogens (tertiary/aromatic N) is 2. The normalized spacial score (nSPS) is 18.7. The number of carboxylic acid groups (broad SMARTS) is 1. The van der Waals surface area contributed by atoms with Crippen molar-refractivity contribution in [2.24, 2.45) is 11.0 Å². The summed E-state index contributed by atoms with van der Waals surface area (Å²) in [6.45, 7) is 5.30. The van der Waals surface area contributed by atoms with Crippen molar-refractivity contribution in [3.8, 4) is 0 Å². The molecule has 5 heteroatoms. The Kier molecular flexibility index (Phi) is 2.97. The lowest BCUT2D eigenvalue weighted by atomic mass is 10.1. The maximum atomic E-state index is 12.1. The molecule has 18 heavy (non-hydrogen) atoms. The fourth-order valence-electron chi connectivity index (χ4n) is 1.86. The van der Waals surface area contributed by atoms with E-state index in [1.807, 2.05) is 0 Å². The number of carbonyl (C=O) groups excluding carboxylic acids is 1. The fourth-order valence-corrected chi connectivity index (χ4v) is 1.86. The van der Waals surface area contributed by atoms with Crippen molar-refractivity contribution in [3.63, 3.8) is 0 Å². The quantitative estimate of drug-likeness (QED) is 0.825. The Morgan fingerprint density at radius 1 is 1.50 bits per heavy atom. The lowest BCUT2D eigenvalue weighted by Gasteiger charge is -2.15. The van der Waals surface area contributed by atoms with Gasteiger partial charge in [0.05, 0.1) is 22.9 Å². The molecule has 0 saturated heterocycles. The average molecular weight is 244 g/mol. The Morgan fingerprint density at radius 2 is 2.17 bits per heavy atom. The Labute approximate surface area is 104 Å². The molecule has 0 aliphatic carbocycles. The standard InChI is InChI=1S/C13H12N2O3/c1-3-9-8(2)14-15(12(9)16)11-7-5-4-6-10(11)13(17)18/h3-7,9H,1H2,2H3,(H,17,18). The Hall–Kier alpha value is -2.43. The molecule has 1 aliphatic rings. The number of hydrazone groups is 1. The molecule has 2 rings (SSSR count). The lowest BCUT2D eigenvalue weighted by Crippen LogP contribution is -2.27. The maximum absolute atomic E-state index is 12.1. The minimum atomic E-state index is -1.09. The van der Waals surface area contributed by atoms with Crippen LogP contribution in [0.5, 0.6) is 0 Å². The van der Waals surface area contributed by atoms with Crippen LogP contribution in [0.3, 0.4) is 0 Å². The van der Waals surface area contributed by atoms with E-state index >= 15 is 0 Å². The van der Waals surface area contributed by atoms with Gasteiger partial charge < -0.3 is 5.11 Å². The van der Waals surface area contributed by atoms with Crippen LogP contribution in [-0.2, 0) is 4.79 Å². The van der Waals surface area contributed by atoms with Crippen molar-refractivity contribution < 1.29 is 14.7 Å². The zero-order chi connectivity index (χ0) is 13.3. The van der Waals surface area contributed by atoms with Crippen LogP contribution in [0, 0.1) is 5.92 Å². The van der Waals surface area contributed by atoms with Crippen molar-refractivity contribution in [2.45, 2.75) is 6.92 Å². The first-order chi connectivity index (χ1) is 8.56. The first kappa shape index (κ1) is 12.0. The van der Waals surface area contributed by atoms with E-state index < -0.39 is 11.9 Å². The van der Waals surface area contributed by atoms with Crippen LogP contribution in [0.15, 0.2) is 42.0 Å². The Bertz CT molecular complexity index is 563. The number of hydrogen-bond donors (Lipinski definition) is 1. The van der Waals surface area contributed by atoms with Crippen molar-refractivity contribution in [3.05, 3.63) is 42.5 Å². The second-order valence-corrected chi connectivity index (χ2v) is 3.93. The number of anilines is 1. The zero-order valence-corrected chi connectivity index (χ0v) is 9.83. The van der Waals surface area contributed by atoms with Gasteiger partial charge in [-0.2, -0.15) is 10.1 Å². The number of aromatic carboxylic acids is 1. The predicted octanol–water partition coefficient (Wildman–Crippen LogP) is 1.91. The molecule has 1 N–H and O–H groups in total. The number of hydrogen-bond acceptors (Lipinski definition) is 3. The van der Waals surface area contributed by atoms with Crippen LogP contribution in [0.4, 0.5) is 5.69 Å². The van der Waals surface area contributed by atoms with Crippen LogP contribution >= 0.6 is 0 Å². The van der Waals surface area contributed by atoms with E-state index in [0.717, 1.165) is 5.01 Å². The lowest BCUT2D eigenvalue weighted by molar-refractivity contribution is -0.118. The topological polar surface area (TPSA) is 70.0 Å². The van der Waals surface area contributed by atoms with Crippen molar-refractivity contribution in [1.82, 2.24) is 0 Å². The molecule has 1 heterocycles. The molecule has 1 amide bonds. The number of carbonyl (C=O) groups is 2. The number of carboxylic acids is 1. The summed E-state index contributed by atoms with van der Waals surface area (Å²) >= 11 is 0. The number of rotatable bonds is 3. The highest BCUT2D eigenvalue weighted by Gasteiger charge is 2.33. The van der Waals surface area contributed by atoms with Gasteiger partial charge >= 0.3 is 5.97 Å². The number of para-hydroxylation sites is 1. The third kappa shape index (κ3) is 1.79. The van der Waals surface area contributed by atoms with Crippen LogP contribution in [-0.4, -0.2) is 22.7 Å². The van der Waals surface area contributed by atoms with Gasteiger partial charge in [0.1, 0.15) is 0 Å². The molecule has 1 aliphatic heterocycles. The van der Waals surface area contributed by atoms with Gasteiger partial charge in [-0.05, 0) is 19.1 Å². The van der Waals surface area contributed by atoms with E-state index in [4.69, 9.17) is 5.11 Å². The predicted molar refractivity (Wildman–Crippen MR) is 67.7 cm³/mol. The summed E-state index contributed by atoms with van der Waals surface area (Å²) in [6.07, 6.45) is 1.50. The minimum absolute atomic E-state index is 0.0483. The summed E-state index contributed by atoms with van der Waals surface area (Å²) in [5, 5.41) is 14.3. The van der Waals surface area contributed by atoms with Crippen LogP contribution in [0.1, 0.15) is 17.3 Å². The third-order valence-electron chi connectivity index (χ3n) is 2.78. The van der Waals surface area contributed by atoms with E-state index in [0.29, 0.717) is 5.71 Å². The van der Waals surface area contributed by atoms with E-state index in [1.165, 1.54) is 12.1 Å². The highest BCUT2D eigenvalue weighted by Crippen LogP contribution is 2.27. The number of amides is 1. The van der Waals surface area contributed by atoms with Gasteiger partial charge in [0.25, 0.3) is 5.91 Å². The van der Waals surface area contributed by atoms with E-state index in [1.54, 1.807) is 25.1 Å². The van der Waals surface area contributed by atoms with Gasteiger partial charge in [-0.1, -0.05) is 18.2 Å². The summed E-state index contributed by atoms with van der Waals surface area (Å²) < 4.78 is 0. The van der Waals surface area contributed by atoms with Gasteiger partial charge in [0.2, 0.25) is 0 Å². The molecular formula is C13H12N2O3. The van der Waals surface area contributed by atoms with E-state index in [-0.39, 0.29) is 17.2 Å². The molecule has 1 aromatic carbocycles. The first-order valence-electron chi connectivity index (χ1n) is 5.40. The second-order valence-electron chi connectivity index (χ2n) is 3.93. The van der Waals surface area contributed by atoms with Crippen molar-refractivity contribution >= 4 is 23.3 Å². The SMILES string of the molecule is C=CC1C(=O)N(c2ccccc2C(=O)O)N=C1C. The molecule has 1 unspecified atom stereocenters. The highest BCUT2D eigenvalue weighted by molar-refractivity contribution is 6.17. The van der Waals surface area contributed by atoms with Crippen LogP contribution < -0.4 is 5.01 Å². The first-order valence-corrected chi connectivity index (χ1v) is 5.40. The van der Waals surface area contributed by atoms with Crippen LogP contribution in [0.25, 0.3) is 0 Å². The molecule has 0 bridgehead atoms. The average Bonchev–Trinajstić information content (AvgIpc) is 2.64. The zero-order valence-electron chi connectivity index (χ0n) is 9.83. The molecule has 0 radical (unpaired) electrons. The summed E-state index contributed by atoms with van der Waals surface area (Å²) in [5.41, 5.74) is 0.931. The van der Waals surface area contributed by atoms with Gasteiger partial charge in [-0.15, -0.1) is 6.58 Å². The molecule has 1 atom stereocenters.